The van der Waals surface area contributed by atoms with Gasteiger partial charge in [-0.2, -0.15) is 0 Å². The van der Waals surface area contributed by atoms with Crippen molar-refractivity contribution in [2.75, 3.05) is 13.7 Å². The second-order valence-electron chi connectivity index (χ2n) is 4.83. The molecule has 0 amide bonds. The molecular formula is C15H23NO2. The average molecular weight is 249 g/mol. The SMILES string of the molecule is CCCNC(C)(CC(=O)OC)c1ccccc1C. The maximum absolute atomic E-state index is 11.6. The Morgan fingerprint density at radius 1 is 1.39 bits per heavy atom. The third kappa shape index (κ3) is 3.57. The molecule has 0 saturated carbocycles. The molecule has 1 aromatic rings. The van der Waals surface area contributed by atoms with Gasteiger partial charge >= 0.3 is 5.97 Å². The highest BCUT2D eigenvalue weighted by molar-refractivity contribution is 5.71. The van der Waals surface area contributed by atoms with Crippen LogP contribution in [0.15, 0.2) is 24.3 Å². The van der Waals surface area contributed by atoms with E-state index in [1.807, 2.05) is 12.1 Å². The Kier molecular flexibility index (Phi) is 5.35. The van der Waals surface area contributed by atoms with Crippen LogP contribution in [-0.4, -0.2) is 19.6 Å². The molecule has 0 aromatic heterocycles. The Labute approximate surface area is 110 Å². The van der Waals surface area contributed by atoms with Crippen LogP contribution >= 0.6 is 0 Å². The summed E-state index contributed by atoms with van der Waals surface area (Å²) in [5.74, 6) is -0.190. The van der Waals surface area contributed by atoms with E-state index in [4.69, 9.17) is 4.74 Å². The fourth-order valence-electron chi connectivity index (χ4n) is 2.21. The first-order valence-electron chi connectivity index (χ1n) is 6.41. The van der Waals surface area contributed by atoms with Crippen LogP contribution in [0.5, 0.6) is 0 Å². The molecule has 3 heteroatoms. The van der Waals surface area contributed by atoms with Crippen LogP contribution in [0.2, 0.25) is 0 Å². The van der Waals surface area contributed by atoms with E-state index < -0.39 is 0 Å². The van der Waals surface area contributed by atoms with E-state index in [0.29, 0.717) is 6.42 Å². The highest BCUT2D eigenvalue weighted by Crippen LogP contribution is 2.27. The minimum atomic E-state index is -0.367. The first-order valence-corrected chi connectivity index (χ1v) is 6.41. The summed E-state index contributed by atoms with van der Waals surface area (Å²) in [6.45, 7) is 7.12. The number of esters is 1. The first kappa shape index (κ1) is 14.7. The van der Waals surface area contributed by atoms with Crippen molar-refractivity contribution in [1.29, 1.82) is 0 Å². The standard InChI is InChI=1S/C15H23NO2/c1-5-10-16-15(3,11-14(17)18-4)13-9-7-6-8-12(13)2/h6-9,16H,5,10-11H2,1-4H3. The molecule has 18 heavy (non-hydrogen) atoms. The van der Waals surface area contributed by atoms with Gasteiger partial charge in [0.15, 0.2) is 0 Å². The van der Waals surface area contributed by atoms with Gasteiger partial charge in [-0.05, 0) is 37.9 Å². The molecule has 0 fully saturated rings. The van der Waals surface area contributed by atoms with Crippen LogP contribution < -0.4 is 5.32 Å². The molecule has 0 aliphatic carbocycles. The van der Waals surface area contributed by atoms with Gasteiger partial charge in [-0.15, -0.1) is 0 Å². The number of carbonyl (C=O) groups excluding carboxylic acids is 1. The van der Waals surface area contributed by atoms with E-state index in [0.717, 1.165) is 18.5 Å². The zero-order valence-electron chi connectivity index (χ0n) is 11.7. The Morgan fingerprint density at radius 2 is 2.06 bits per heavy atom. The molecule has 0 heterocycles. The minimum absolute atomic E-state index is 0.190. The second kappa shape index (κ2) is 6.55. The molecule has 100 valence electrons. The summed E-state index contributed by atoms with van der Waals surface area (Å²) in [6.07, 6.45) is 1.37. The van der Waals surface area contributed by atoms with Crippen LogP contribution in [0.4, 0.5) is 0 Å². The zero-order valence-corrected chi connectivity index (χ0v) is 11.7. The van der Waals surface area contributed by atoms with E-state index in [1.54, 1.807) is 0 Å². The Bertz CT molecular complexity index is 403. The predicted octanol–water partition coefficient (Wildman–Crippen LogP) is 2.77. The lowest BCUT2D eigenvalue weighted by atomic mass is 9.85. The molecule has 1 unspecified atom stereocenters. The van der Waals surface area contributed by atoms with Gasteiger partial charge in [-0.3, -0.25) is 4.79 Å². The van der Waals surface area contributed by atoms with Crippen molar-refractivity contribution in [2.24, 2.45) is 0 Å². The second-order valence-corrected chi connectivity index (χ2v) is 4.83. The summed E-state index contributed by atoms with van der Waals surface area (Å²) in [5.41, 5.74) is 1.98. The number of benzene rings is 1. The maximum Gasteiger partial charge on any atom is 0.307 e. The lowest BCUT2D eigenvalue weighted by molar-refractivity contribution is -0.142. The van der Waals surface area contributed by atoms with E-state index in [-0.39, 0.29) is 11.5 Å². The summed E-state index contributed by atoms with van der Waals surface area (Å²) in [7, 11) is 1.43. The van der Waals surface area contributed by atoms with Crippen LogP contribution in [0, 0.1) is 6.92 Å². The molecular weight excluding hydrogens is 226 g/mol. The normalized spacial score (nSPS) is 14.0. The molecule has 1 atom stereocenters. The van der Waals surface area contributed by atoms with E-state index in [1.165, 1.54) is 12.7 Å². The molecule has 3 nitrogen and oxygen atoms in total. The van der Waals surface area contributed by atoms with Gasteiger partial charge in [0, 0.05) is 0 Å². The van der Waals surface area contributed by atoms with Gasteiger partial charge in [-0.25, -0.2) is 0 Å². The van der Waals surface area contributed by atoms with Crippen LogP contribution in [0.25, 0.3) is 0 Å². The summed E-state index contributed by atoms with van der Waals surface area (Å²) >= 11 is 0. The van der Waals surface area contributed by atoms with Crippen LogP contribution in [0.3, 0.4) is 0 Å². The van der Waals surface area contributed by atoms with Crippen LogP contribution in [0.1, 0.15) is 37.8 Å². The number of nitrogens with one attached hydrogen (secondary N) is 1. The summed E-state index contributed by atoms with van der Waals surface area (Å²) in [6, 6.07) is 8.15. The van der Waals surface area contributed by atoms with Crippen molar-refractivity contribution in [3.63, 3.8) is 0 Å². The minimum Gasteiger partial charge on any atom is -0.469 e. The number of methoxy groups -OCH3 is 1. The van der Waals surface area contributed by atoms with Gasteiger partial charge in [-0.1, -0.05) is 31.2 Å². The summed E-state index contributed by atoms with van der Waals surface area (Å²) in [5, 5.41) is 3.47. The van der Waals surface area contributed by atoms with Gasteiger partial charge in [0.2, 0.25) is 0 Å². The zero-order chi connectivity index (χ0) is 13.6. The predicted molar refractivity (Wildman–Crippen MR) is 73.5 cm³/mol. The third-order valence-corrected chi connectivity index (χ3v) is 3.23. The number of aryl methyl sites for hydroxylation is 1. The number of carbonyl (C=O) groups is 1. The maximum atomic E-state index is 11.6. The molecule has 0 bridgehead atoms. The summed E-state index contributed by atoms with van der Waals surface area (Å²) < 4.78 is 4.81. The van der Waals surface area contributed by atoms with Crippen molar-refractivity contribution in [3.05, 3.63) is 35.4 Å². The fourth-order valence-corrected chi connectivity index (χ4v) is 2.21. The van der Waals surface area contributed by atoms with Gasteiger partial charge in [0.25, 0.3) is 0 Å². The number of hydrogen-bond acceptors (Lipinski definition) is 3. The topological polar surface area (TPSA) is 38.3 Å². The van der Waals surface area contributed by atoms with Crippen molar-refractivity contribution in [3.8, 4) is 0 Å². The van der Waals surface area contributed by atoms with E-state index in [2.05, 4.69) is 38.2 Å². The highest BCUT2D eigenvalue weighted by atomic mass is 16.5. The molecule has 1 aromatic carbocycles. The highest BCUT2D eigenvalue weighted by Gasteiger charge is 2.30. The Morgan fingerprint density at radius 3 is 2.61 bits per heavy atom. The molecule has 1 rings (SSSR count). The first-order chi connectivity index (χ1) is 8.53. The van der Waals surface area contributed by atoms with Crippen molar-refractivity contribution >= 4 is 5.97 Å². The van der Waals surface area contributed by atoms with Gasteiger partial charge in [0.05, 0.1) is 19.1 Å². The van der Waals surface area contributed by atoms with Gasteiger partial charge in [0.1, 0.15) is 0 Å². The van der Waals surface area contributed by atoms with Crippen molar-refractivity contribution in [2.45, 2.75) is 39.2 Å². The molecule has 0 radical (unpaired) electrons. The lowest BCUT2D eigenvalue weighted by Gasteiger charge is -2.32. The monoisotopic (exact) mass is 249 g/mol. The molecule has 1 N–H and O–H groups in total. The Hall–Kier alpha value is -1.35. The number of hydrogen-bond donors (Lipinski definition) is 1. The van der Waals surface area contributed by atoms with Gasteiger partial charge < -0.3 is 10.1 Å². The smallest absolute Gasteiger partial charge is 0.307 e. The lowest BCUT2D eigenvalue weighted by Crippen LogP contribution is -2.42. The number of ether oxygens (including phenoxy) is 1. The van der Waals surface area contributed by atoms with E-state index >= 15 is 0 Å². The van der Waals surface area contributed by atoms with E-state index in [9.17, 15) is 4.79 Å². The fraction of sp³-hybridized carbons (Fsp3) is 0.533. The van der Waals surface area contributed by atoms with Crippen LogP contribution in [-0.2, 0) is 15.1 Å². The average Bonchev–Trinajstić information content (AvgIpc) is 2.36. The van der Waals surface area contributed by atoms with Crippen molar-refractivity contribution in [1.82, 2.24) is 5.32 Å². The quantitative estimate of drug-likeness (QED) is 0.788. The summed E-state index contributed by atoms with van der Waals surface area (Å²) in [4.78, 5) is 11.6. The van der Waals surface area contributed by atoms with Crippen molar-refractivity contribution < 1.29 is 9.53 Å². The molecule has 0 saturated heterocycles. The molecule has 0 spiro atoms. The largest absolute Gasteiger partial charge is 0.469 e. The Balaban J connectivity index is 3.03. The molecule has 0 aliphatic rings. The third-order valence-electron chi connectivity index (χ3n) is 3.23. The molecule has 0 aliphatic heterocycles. The number of rotatable bonds is 6.